The number of rotatable bonds is 4. The summed E-state index contributed by atoms with van der Waals surface area (Å²) < 4.78 is 23.3. The molecule has 7 heteroatoms. The summed E-state index contributed by atoms with van der Waals surface area (Å²) in [5.74, 6) is 0. The lowest BCUT2D eigenvalue weighted by Crippen LogP contribution is -2.28. The lowest BCUT2D eigenvalue weighted by molar-refractivity contribution is -0.388. The second-order valence-corrected chi connectivity index (χ2v) is 7.86. The second-order valence-electron chi connectivity index (χ2n) is 5.88. The fraction of sp³-hybridized carbons (Fsp3) is 0.538. The first-order valence-corrected chi connectivity index (χ1v) is 7.98. The van der Waals surface area contributed by atoms with Crippen molar-refractivity contribution >= 4 is 15.5 Å². The minimum absolute atomic E-state index is 0.0309. The fourth-order valence-electron chi connectivity index (χ4n) is 1.75. The average Bonchev–Trinajstić information content (AvgIpc) is 2.25. The predicted octanol–water partition coefficient (Wildman–Crippen LogP) is 1.95. The van der Waals surface area contributed by atoms with Crippen LogP contribution in [0, 0.1) is 15.5 Å². The topological polar surface area (TPSA) is 97.5 Å². The van der Waals surface area contributed by atoms with Crippen LogP contribution in [0.1, 0.15) is 26.3 Å². The normalized spacial score (nSPS) is 14.1. The van der Waals surface area contributed by atoms with Gasteiger partial charge in [0.25, 0.3) is 5.69 Å². The highest BCUT2D eigenvalue weighted by atomic mass is 32.2. The van der Waals surface area contributed by atoms with Gasteiger partial charge in [0, 0.05) is 18.2 Å². The standard InChI is InChI=1S/C13H19NO5S/c1-13(2,3)11(15)8-9-6-5-7-10(20(4,18)19)12(9)14(16)17/h5-7,11,15H,8H2,1-4H3. The van der Waals surface area contributed by atoms with Gasteiger partial charge in [-0.1, -0.05) is 32.9 Å². The summed E-state index contributed by atoms with van der Waals surface area (Å²) in [6.07, 6.45) is 0.152. The molecule has 1 aromatic carbocycles. The summed E-state index contributed by atoms with van der Waals surface area (Å²) in [5.41, 5.74) is -0.673. The van der Waals surface area contributed by atoms with Crippen LogP contribution in [0.4, 0.5) is 5.69 Å². The Labute approximate surface area is 118 Å². The lowest BCUT2D eigenvalue weighted by atomic mass is 9.85. The number of hydrogen-bond acceptors (Lipinski definition) is 5. The Morgan fingerprint density at radius 3 is 2.30 bits per heavy atom. The van der Waals surface area contributed by atoms with Crippen LogP contribution >= 0.6 is 0 Å². The number of nitro benzene ring substituents is 1. The van der Waals surface area contributed by atoms with E-state index in [1.165, 1.54) is 18.2 Å². The molecule has 112 valence electrons. The van der Waals surface area contributed by atoms with Gasteiger partial charge in [-0.2, -0.15) is 0 Å². The van der Waals surface area contributed by atoms with Crippen molar-refractivity contribution in [2.75, 3.05) is 6.26 Å². The molecule has 0 aromatic heterocycles. The van der Waals surface area contributed by atoms with Gasteiger partial charge in [-0.05, 0) is 11.5 Å². The summed E-state index contributed by atoms with van der Waals surface area (Å²) in [4.78, 5) is 10.2. The van der Waals surface area contributed by atoms with Gasteiger partial charge in [0.05, 0.1) is 11.0 Å². The molecule has 0 aliphatic heterocycles. The molecule has 6 nitrogen and oxygen atoms in total. The minimum Gasteiger partial charge on any atom is -0.392 e. The van der Waals surface area contributed by atoms with Crippen molar-refractivity contribution in [1.29, 1.82) is 0 Å². The van der Waals surface area contributed by atoms with Gasteiger partial charge in [0.2, 0.25) is 0 Å². The van der Waals surface area contributed by atoms with Gasteiger partial charge < -0.3 is 5.11 Å². The number of aliphatic hydroxyl groups is 1. The van der Waals surface area contributed by atoms with Crippen LogP contribution in [0.5, 0.6) is 0 Å². The van der Waals surface area contributed by atoms with E-state index < -0.39 is 32.0 Å². The number of hydrogen-bond donors (Lipinski definition) is 1. The van der Waals surface area contributed by atoms with E-state index >= 15 is 0 Å². The quantitative estimate of drug-likeness (QED) is 0.677. The third kappa shape index (κ3) is 3.77. The molecule has 0 aliphatic carbocycles. The van der Waals surface area contributed by atoms with Crippen molar-refractivity contribution in [2.24, 2.45) is 5.41 Å². The summed E-state index contributed by atoms with van der Waals surface area (Å²) in [5, 5.41) is 21.2. The van der Waals surface area contributed by atoms with Gasteiger partial charge in [-0.3, -0.25) is 10.1 Å². The van der Waals surface area contributed by atoms with Gasteiger partial charge in [0.1, 0.15) is 4.90 Å². The van der Waals surface area contributed by atoms with Crippen molar-refractivity contribution in [1.82, 2.24) is 0 Å². The number of sulfone groups is 1. The number of para-hydroxylation sites is 1. The molecule has 0 fully saturated rings. The first kappa shape index (κ1) is 16.6. The van der Waals surface area contributed by atoms with Gasteiger partial charge in [-0.25, -0.2) is 8.42 Å². The molecule has 1 N–H and O–H groups in total. The first-order chi connectivity index (χ1) is 8.94. The number of nitro groups is 1. The molecule has 0 bridgehead atoms. The molecule has 0 amide bonds. The van der Waals surface area contributed by atoms with E-state index in [0.29, 0.717) is 0 Å². The van der Waals surface area contributed by atoms with E-state index in [2.05, 4.69) is 0 Å². The highest BCUT2D eigenvalue weighted by Crippen LogP contribution is 2.31. The van der Waals surface area contributed by atoms with Crippen LogP contribution in [0.3, 0.4) is 0 Å². The molecule has 1 rings (SSSR count). The SMILES string of the molecule is CC(C)(C)C(O)Cc1cccc(S(C)(=O)=O)c1[N+](=O)[O-]. The molecule has 0 heterocycles. The van der Waals surface area contributed by atoms with Gasteiger partial charge in [-0.15, -0.1) is 0 Å². The van der Waals surface area contributed by atoms with E-state index in [0.717, 1.165) is 6.26 Å². The maximum absolute atomic E-state index is 11.6. The van der Waals surface area contributed by atoms with Gasteiger partial charge in [0.15, 0.2) is 9.84 Å². The van der Waals surface area contributed by atoms with Crippen molar-refractivity contribution < 1.29 is 18.4 Å². The van der Waals surface area contributed by atoms with Crippen LogP contribution in [0.2, 0.25) is 0 Å². The Morgan fingerprint density at radius 1 is 1.35 bits per heavy atom. The molecule has 1 unspecified atom stereocenters. The van der Waals surface area contributed by atoms with Crippen LogP contribution in [0.25, 0.3) is 0 Å². The predicted molar refractivity (Wildman–Crippen MR) is 75.4 cm³/mol. The zero-order valence-electron chi connectivity index (χ0n) is 12.0. The molecule has 0 radical (unpaired) electrons. The summed E-state index contributed by atoms with van der Waals surface area (Å²) in [6, 6.07) is 4.14. The van der Waals surface area contributed by atoms with Crippen molar-refractivity contribution in [3.05, 3.63) is 33.9 Å². The highest BCUT2D eigenvalue weighted by Gasteiger charge is 2.30. The zero-order chi connectivity index (χ0) is 15.7. The molecular formula is C13H19NO5S. The Morgan fingerprint density at radius 2 is 1.90 bits per heavy atom. The highest BCUT2D eigenvalue weighted by molar-refractivity contribution is 7.90. The molecule has 0 aliphatic rings. The number of aliphatic hydroxyl groups excluding tert-OH is 1. The monoisotopic (exact) mass is 301 g/mol. The Hall–Kier alpha value is -1.47. The van der Waals surface area contributed by atoms with Crippen LogP contribution < -0.4 is 0 Å². The van der Waals surface area contributed by atoms with E-state index in [1.54, 1.807) is 0 Å². The van der Waals surface area contributed by atoms with Crippen LogP contribution in [-0.2, 0) is 16.3 Å². The third-order valence-corrected chi connectivity index (χ3v) is 4.21. The summed E-state index contributed by atoms with van der Waals surface area (Å²) in [7, 11) is -3.70. The van der Waals surface area contributed by atoms with Crippen LogP contribution in [0.15, 0.2) is 23.1 Å². The second kappa shape index (κ2) is 5.49. The molecule has 0 saturated carbocycles. The van der Waals surface area contributed by atoms with E-state index in [-0.39, 0.29) is 16.9 Å². The maximum Gasteiger partial charge on any atom is 0.291 e. The Balaban J connectivity index is 3.39. The molecule has 0 saturated heterocycles. The van der Waals surface area contributed by atoms with Crippen LogP contribution in [-0.4, -0.2) is 30.8 Å². The zero-order valence-corrected chi connectivity index (χ0v) is 12.8. The number of benzene rings is 1. The summed E-state index contributed by atoms with van der Waals surface area (Å²) in [6.45, 7) is 5.43. The molecular weight excluding hydrogens is 282 g/mol. The minimum atomic E-state index is -3.70. The number of nitrogens with zero attached hydrogens (tertiary/aromatic N) is 1. The van der Waals surface area contributed by atoms with Crippen molar-refractivity contribution in [3.63, 3.8) is 0 Å². The largest absolute Gasteiger partial charge is 0.392 e. The van der Waals surface area contributed by atoms with E-state index in [9.17, 15) is 23.6 Å². The first-order valence-electron chi connectivity index (χ1n) is 6.09. The average molecular weight is 301 g/mol. The molecule has 1 aromatic rings. The van der Waals surface area contributed by atoms with Crippen molar-refractivity contribution in [3.8, 4) is 0 Å². The third-order valence-electron chi connectivity index (χ3n) is 3.08. The molecule has 1 atom stereocenters. The van der Waals surface area contributed by atoms with Crippen molar-refractivity contribution in [2.45, 2.75) is 38.2 Å². The smallest absolute Gasteiger partial charge is 0.291 e. The maximum atomic E-state index is 11.6. The van der Waals surface area contributed by atoms with Gasteiger partial charge >= 0.3 is 0 Å². The Bertz CT molecular complexity index is 616. The molecule has 0 spiro atoms. The fourth-order valence-corrected chi connectivity index (χ4v) is 2.64. The summed E-state index contributed by atoms with van der Waals surface area (Å²) >= 11 is 0. The van der Waals surface area contributed by atoms with E-state index in [1.807, 2.05) is 20.8 Å². The lowest BCUT2D eigenvalue weighted by Gasteiger charge is -2.25. The Kier molecular flexibility index (Phi) is 4.55. The van der Waals surface area contributed by atoms with E-state index in [4.69, 9.17) is 0 Å². The molecule has 20 heavy (non-hydrogen) atoms.